The Hall–Kier alpha value is -1.10. The van der Waals surface area contributed by atoms with Gasteiger partial charge in [0.05, 0.1) is 0 Å². The Morgan fingerprint density at radius 3 is 2.35 bits per heavy atom. The molecule has 1 rings (SSSR count). The molecule has 92 valence electrons. The minimum atomic E-state index is -1.65. The molecule has 17 heavy (non-hydrogen) atoms. The van der Waals surface area contributed by atoms with Crippen LogP contribution in [0.15, 0.2) is 18.2 Å². The topological polar surface area (TPSA) is 74.6 Å². The number of hydrogen-bond acceptors (Lipinski definition) is 3. The van der Waals surface area contributed by atoms with Crippen LogP contribution in [0.1, 0.15) is 29.5 Å². The lowest BCUT2D eigenvalue weighted by molar-refractivity contribution is -0.147. The molecule has 0 saturated heterocycles. The van der Waals surface area contributed by atoms with E-state index in [4.69, 9.17) is 28.3 Å². The van der Waals surface area contributed by atoms with Crippen molar-refractivity contribution in [1.82, 2.24) is 0 Å². The standard InChI is InChI=1S/C11H10Cl2O4/c1-5(14)9(13)7-3-2-6(4-8(7)12)10(15)11(16)17/h2-4,9-10,15H,1H3,(H,16,17). The number of alkyl halides is 1. The number of benzene rings is 1. The summed E-state index contributed by atoms with van der Waals surface area (Å²) in [5, 5.41) is 17.2. The van der Waals surface area contributed by atoms with Crippen molar-refractivity contribution in [2.24, 2.45) is 0 Å². The van der Waals surface area contributed by atoms with E-state index in [1.54, 1.807) is 0 Å². The van der Waals surface area contributed by atoms with E-state index in [0.29, 0.717) is 5.56 Å². The van der Waals surface area contributed by atoms with Crippen LogP contribution >= 0.6 is 23.2 Å². The van der Waals surface area contributed by atoms with Crippen LogP contribution < -0.4 is 0 Å². The molecule has 0 aliphatic rings. The second kappa shape index (κ2) is 5.49. The van der Waals surface area contributed by atoms with E-state index in [9.17, 15) is 14.7 Å². The largest absolute Gasteiger partial charge is 0.479 e. The number of aliphatic hydroxyl groups excluding tert-OH is 1. The van der Waals surface area contributed by atoms with Gasteiger partial charge in [0.2, 0.25) is 0 Å². The molecule has 4 nitrogen and oxygen atoms in total. The van der Waals surface area contributed by atoms with Crippen molar-refractivity contribution < 1.29 is 19.8 Å². The van der Waals surface area contributed by atoms with Crippen LogP contribution in [-0.2, 0) is 9.59 Å². The van der Waals surface area contributed by atoms with Crippen LogP contribution in [-0.4, -0.2) is 22.0 Å². The quantitative estimate of drug-likeness (QED) is 0.828. The normalized spacial score (nSPS) is 14.1. The lowest BCUT2D eigenvalue weighted by Gasteiger charge is -2.11. The minimum Gasteiger partial charge on any atom is -0.479 e. The molecule has 0 amide bonds. The maximum absolute atomic E-state index is 11.1. The maximum Gasteiger partial charge on any atom is 0.337 e. The van der Waals surface area contributed by atoms with E-state index >= 15 is 0 Å². The zero-order valence-electron chi connectivity index (χ0n) is 8.85. The summed E-state index contributed by atoms with van der Waals surface area (Å²) in [4.78, 5) is 21.7. The maximum atomic E-state index is 11.1. The average Bonchev–Trinajstić information content (AvgIpc) is 2.26. The van der Waals surface area contributed by atoms with Crippen molar-refractivity contribution >= 4 is 35.0 Å². The SMILES string of the molecule is CC(=O)C(Cl)c1ccc(C(O)C(=O)O)cc1Cl. The van der Waals surface area contributed by atoms with Gasteiger partial charge >= 0.3 is 5.97 Å². The number of aliphatic hydroxyl groups is 1. The Balaban J connectivity index is 3.10. The van der Waals surface area contributed by atoms with Crippen molar-refractivity contribution in [1.29, 1.82) is 0 Å². The van der Waals surface area contributed by atoms with E-state index < -0.39 is 17.5 Å². The van der Waals surface area contributed by atoms with Gasteiger partial charge < -0.3 is 10.2 Å². The fraction of sp³-hybridized carbons (Fsp3) is 0.273. The van der Waals surface area contributed by atoms with Crippen LogP contribution in [0.2, 0.25) is 5.02 Å². The van der Waals surface area contributed by atoms with Gasteiger partial charge in [0.25, 0.3) is 0 Å². The van der Waals surface area contributed by atoms with Gasteiger partial charge in [-0.15, -0.1) is 11.6 Å². The fourth-order valence-corrected chi connectivity index (χ4v) is 1.82. The van der Waals surface area contributed by atoms with Crippen LogP contribution in [0, 0.1) is 0 Å². The summed E-state index contributed by atoms with van der Waals surface area (Å²) in [6.45, 7) is 1.33. The highest BCUT2D eigenvalue weighted by Gasteiger charge is 2.20. The van der Waals surface area contributed by atoms with Crippen molar-refractivity contribution in [3.8, 4) is 0 Å². The van der Waals surface area contributed by atoms with Gasteiger partial charge in [-0.1, -0.05) is 23.7 Å². The Morgan fingerprint density at radius 1 is 1.35 bits per heavy atom. The van der Waals surface area contributed by atoms with Gasteiger partial charge in [-0.05, 0) is 24.1 Å². The molecular formula is C11H10Cl2O4. The molecule has 0 aliphatic carbocycles. The Morgan fingerprint density at radius 2 is 1.94 bits per heavy atom. The molecule has 2 unspecified atom stereocenters. The summed E-state index contributed by atoms with van der Waals surface area (Å²) in [6, 6.07) is 4.09. The van der Waals surface area contributed by atoms with Crippen molar-refractivity contribution in [2.75, 3.05) is 0 Å². The van der Waals surface area contributed by atoms with E-state index in [2.05, 4.69) is 0 Å². The average molecular weight is 277 g/mol. The first-order chi connectivity index (χ1) is 7.84. The van der Waals surface area contributed by atoms with Crippen LogP contribution in [0.4, 0.5) is 0 Å². The molecule has 0 heterocycles. The smallest absolute Gasteiger partial charge is 0.337 e. The monoisotopic (exact) mass is 276 g/mol. The number of carbonyl (C=O) groups is 2. The summed E-state index contributed by atoms with van der Waals surface area (Å²) in [5.74, 6) is -1.64. The number of carboxylic acid groups (broad SMARTS) is 1. The summed E-state index contributed by atoms with van der Waals surface area (Å²) in [7, 11) is 0. The highest BCUT2D eigenvalue weighted by Crippen LogP contribution is 2.30. The van der Waals surface area contributed by atoms with Gasteiger partial charge in [-0.25, -0.2) is 4.79 Å². The highest BCUT2D eigenvalue weighted by atomic mass is 35.5. The lowest BCUT2D eigenvalue weighted by atomic mass is 10.0. The van der Waals surface area contributed by atoms with Crippen molar-refractivity contribution in [2.45, 2.75) is 18.4 Å². The van der Waals surface area contributed by atoms with Crippen LogP contribution in [0.5, 0.6) is 0 Å². The summed E-state index contributed by atoms with van der Waals surface area (Å²) >= 11 is 11.7. The molecule has 0 aliphatic heterocycles. The number of ketones is 1. The zero-order chi connectivity index (χ0) is 13.2. The predicted octanol–water partition coefficient (Wildman–Crippen LogP) is 2.33. The summed E-state index contributed by atoms with van der Waals surface area (Å²) < 4.78 is 0. The minimum absolute atomic E-state index is 0.138. The van der Waals surface area contributed by atoms with Gasteiger partial charge in [0.1, 0.15) is 5.38 Å². The van der Waals surface area contributed by atoms with Crippen LogP contribution in [0.25, 0.3) is 0 Å². The van der Waals surface area contributed by atoms with Gasteiger partial charge in [-0.3, -0.25) is 4.79 Å². The summed E-state index contributed by atoms with van der Waals surface area (Å²) in [5.41, 5.74) is 0.529. The van der Waals surface area contributed by atoms with Crippen molar-refractivity contribution in [3.05, 3.63) is 34.3 Å². The molecule has 0 aromatic heterocycles. The molecule has 2 atom stereocenters. The van der Waals surface area contributed by atoms with Gasteiger partial charge in [0.15, 0.2) is 11.9 Å². The molecule has 6 heteroatoms. The second-order valence-electron chi connectivity index (χ2n) is 3.49. The Bertz CT molecular complexity index is 459. The first-order valence-corrected chi connectivity index (χ1v) is 5.50. The molecule has 0 saturated carbocycles. The predicted molar refractivity (Wildman–Crippen MR) is 63.3 cm³/mol. The third-order valence-corrected chi connectivity index (χ3v) is 3.07. The Kier molecular flexibility index (Phi) is 4.51. The number of halogens is 2. The number of hydrogen-bond donors (Lipinski definition) is 2. The molecule has 0 radical (unpaired) electrons. The van der Waals surface area contributed by atoms with Gasteiger partial charge in [-0.2, -0.15) is 0 Å². The number of carbonyl (C=O) groups excluding carboxylic acids is 1. The first kappa shape index (κ1) is 14.0. The molecule has 1 aromatic carbocycles. The van der Waals surface area contributed by atoms with E-state index in [0.717, 1.165) is 0 Å². The van der Waals surface area contributed by atoms with E-state index in [1.807, 2.05) is 0 Å². The molecule has 1 aromatic rings. The molecule has 0 spiro atoms. The van der Waals surface area contributed by atoms with Gasteiger partial charge in [0, 0.05) is 5.02 Å². The molecular weight excluding hydrogens is 267 g/mol. The number of Topliss-reactive ketones (excluding diaryl/α,β-unsaturated/α-hetero) is 1. The Labute approximate surface area is 108 Å². The molecule has 0 fully saturated rings. The third kappa shape index (κ3) is 3.19. The number of aliphatic carboxylic acids is 1. The molecule has 2 N–H and O–H groups in total. The fourth-order valence-electron chi connectivity index (χ4n) is 1.28. The third-order valence-electron chi connectivity index (χ3n) is 2.20. The summed E-state index contributed by atoms with van der Waals surface area (Å²) in [6.07, 6.45) is -1.65. The highest BCUT2D eigenvalue weighted by molar-refractivity contribution is 6.35. The molecule has 0 bridgehead atoms. The van der Waals surface area contributed by atoms with E-state index in [1.165, 1.54) is 25.1 Å². The number of carboxylic acids is 1. The number of rotatable bonds is 4. The van der Waals surface area contributed by atoms with Crippen molar-refractivity contribution in [3.63, 3.8) is 0 Å². The van der Waals surface area contributed by atoms with E-state index in [-0.39, 0.29) is 16.4 Å². The first-order valence-electron chi connectivity index (χ1n) is 4.69. The lowest BCUT2D eigenvalue weighted by Crippen LogP contribution is -2.11. The zero-order valence-corrected chi connectivity index (χ0v) is 10.4. The van der Waals surface area contributed by atoms with Crippen LogP contribution in [0.3, 0.4) is 0 Å². The second-order valence-corrected chi connectivity index (χ2v) is 4.34.